The first-order valence-corrected chi connectivity index (χ1v) is 9.55. The standard InChI is InChI=1S/C20H28O3S/c1-4-7-9-10-11-19(20(21)22-6-3)24-18-14-12-17(13-15-18)23-16-8-5-2/h12-15,19H,4,6-7,9-11,16H2,1-3H3. The lowest BCUT2D eigenvalue weighted by Crippen LogP contribution is -2.20. The average Bonchev–Trinajstić information content (AvgIpc) is 2.59. The van der Waals surface area contributed by atoms with Crippen molar-refractivity contribution in [2.75, 3.05) is 13.2 Å². The summed E-state index contributed by atoms with van der Waals surface area (Å²) in [5, 5.41) is -0.139. The Morgan fingerprint density at radius 2 is 1.92 bits per heavy atom. The molecule has 0 spiro atoms. The highest BCUT2D eigenvalue weighted by Crippen LogP contribution is 2.29. The third-order valence-corrected chi connectivity index (χ3v) is 4.72. The van der Waals surface area contributed by atoms with Crippen LogP contribution in [0.1, 0.15) is 52.9 Å². The highest BCUT2D eigenvalue weighted by molar-refractivity contribution is 8.00. The lowest BCUT2D eigenvalue weighted by atomic mass is 10.1. The molecule has 0 N–H and O–H groups in total. The monoisotopic (exact) mass is 348 g/mol. The Morgan fingerprint density at radius 1 is 1.17 bits per heavy atom. The molecule has 1 aromatic carbocycles. The van der Waals surface area contributed by atoms with Gasteiger partial charge in [-0.2, -0.15) is 0 Å². The molecule has 0 heterocycles. The van der Waals surface area contributed by atoms with Crippen LogP contribution < -0.4 is 4.74 Å². The van der Waals surface area contributed by atoms with Crippen molar-refractivity contribution in [3.8, 4) is 17.6 Å². The molecular formula is C20H28O3S. The van der Waals surface area contributed by atoms with Gasteiger partial charge in [0.15, 0.2) is 0 Å². The van der Waals surface area contributed by atoms with Crippen LogP contribution in [0.25, 0.3) is 0 Å². The second-order valence-electron chi connectivity index (χ2n) is 5.39. The predicted octanol–water partition coefficient (Wildman–Crippen LogP) is 5.08. The molecule has 3 nitrogen and oxygen atoms in total. The molecule has 1 aromatic rings. The fraction of sp³-hybridized carbons (Fsp3) is 0.550. The zero-order valence-electron chi connectivity index (χ0n) is 15.0. The van der Waals surface area contributed by atoms with Crippen LogP contribution in [0.2, 0.25) is 0 Å². The van der Waals surface area contributed by atoms with Crippen LogP contribution in [0.15, 0.2) is 29.2 Å². The van der Waals surface area contributed by atoms with Gasteiger partial charge in [0, 0.05) is 4.90 Å². The van der Waals surface area contributed by atoms with Crippen molar-refractivity contribution in [2.45, 2.75) is 63.0 Å². The van der Waals surface area contributed by atoms with Crippen LogP contribution in [0.5, 0.6) is 5.75 Å². The highest BCUT2D eigenvalue weighted by atomic mass is 32.2. The molecule has 0 fully saturated rings. The van der Waals surface area contributed by atoms with E-state index in [9.17, 15) is 4.79 Å². The number of hydrogen-bond acceptors (Lipinski definition) is 4. The third kappa shape index (κ3) is 8.31. The number of rotatable bonds is 11. The fourth-order valence-corrected chi connectivity index (χ4v) is 3.26. The lowest BCUT2D eigenvalue weighted by molar-refractivity contribution is -0.142. The van der Waals surface area contributed by atoms with Crippen molar-refractivity contribution < 1.29 is 14.3 Å². The molecule has 0 saturated heterocycles. The van der Waals surface area contributed by atoms with Crippen molar-refractivity contribution in [3.63, 3.8) is 0 Å². The maximum atomic E-state index is 12.2. The van der Waals surface area contributed by atoms with E-state index in [0.717, 1.165) is 29.9 Å². The molecule has 24 heavy (non-hydrogen) atoms. The molecule has 0 aliphatic heterocycles. The molecule has 0 radical (unpaired) electrons. The van der Waals surface area contributed by atoms with Crippen LogP contribution in [0.3, 0.4) is 0 Å². The van der Waals surface area contributed by atoms with Gasteiger partial charge in [0.05, 0.1) is 6.61 Å². The first-order chi connectivity index (χ1) is 11.7. The van der Waals surface area contributed by atoms with E-state index in [1.54, 1.807) is 18.7 Å². The molecule has 4 heteroatoms. The van der Waals surface area contributed by atoms with E-state index in [1.165, 1.54) is 12.8 Å². The third-order valence-electron chi connectivity index (χ3n) is 3.46. The first kappa shape index (κ1) is 20.4. The number of esters is 1. The summed E-state index contributed by atoms with van der Waals surface area (Å²) >= 11 is 1.57. The Bertz CT molecular complexity index is 528. The van der Waals surface area contributed by atoms with E-state index in [-0.39, 0.29) is 11.2 Å². The van der Waals surface area contributed by atoms with Gasteiger partial charge in [-0.25, -0.2) is 0 Å². The Labute approximate surface area is 150 Å². The molecule has 0 aliphatic carbocycles. The second kappa shape index (κ2) is 12.8. The number of hydrogen-bond donors (Lipinski definition) is 0. The molecule has 0 saturated carbocycles. The van der Waals surface area contributed by atoms with Gasteiger partial charge < -0.3 is 9.47 Å². The van der Waals surface area contributed by atoms with Crippen molar-refractivity contribution in [2.24, 2.45) is 0 Å². The van der Waals surface area contributed by atoms with Gasteiger partial charge in [0.2, 0.25) is 0 Å². The summed E-state index contributed by atoms with van der Waals surface area (Å²) in [5.41, 5.74) is 0. The summed E-state index contributed by atoms with van der Waals surface area (Å²) in [6.45, 7) is 6.65. The summed E-state index contributed by atoms with van der Waals surface area (Å²) in [6, 6.07) is 7.80. The molecular weight excluding hydrogens is 320 g/mol. The number of carbonyl (C=O) groups is 1. The van der Waals surface area contributed by atoms with E-state index in [4.69, 9.17) is 9.47 Å². The van der Waals surface area contributed by atoms with Gasteiger partial charge >= 0.3 is 5.97 Å². The van der Waals surface area contributed by atoms with E-state index in [1.807, 2.05) is 31.2 Å². The smallest absolute Gasteiger partial charge is 0.319 e. The van der Waals surface area contributed by atoms with Crippen LogP contribution >= 0.6 is 11.8 Å². The lowest BCUT2D eigenvalue weighted by Gasteiger charge is -2.15. The summed E-state index contributed by atoms with van der Waals surface area (Å²) in [4.78, 5) is 13.2. The second-order valence-corrected chi connectivity index (χ2v) is 6.67. The van der Waals surface area contributed by atoms with E-state index in [0.29, 0.717) is 13.2 Å². The number of benzene rings is 1. The molecule has 0 amide bonds. The van der Waals surface area contributed by atoms with Crippen molar-refractivity contribution in [1.82, 2.24) is 0 Å². The number of thioether (sulfide) groups is 1. The maximum absolute atomic E-state index is 12.2. The van der Waals surface area contributed by atoms with Gasteiger partial charge in [0.25, 0.3) is 0 Å². The van der Waals surface area contributed by atoms with Gasteiger partial charge in [-0.15, -0.1) is 17.7 Å². The zero-order chi connectivity index (χ0) is 17.6. The Kier molecular flexibility index (Phi) is 10.9. The van der Waals surface area contributed by atoms with Crippen LogP contribution in [-0.4, -0.2) is 24.4 Å². The number of ether oxygens (including phenoxy) is 2. The number of unbranched alkanes of at least 4 members (excludes halogenated alkanes) is 3. The minimum atomic E-state index is -0.139. The molecule has 1 unspecified atom stereocenters. The van der Waals surface area contributed by atoms with Gasteiger partial charge in [0.1, 0.15) is 17.6 Å². The molecule has 0 aromatic heterocycles. The average molecular weight is 349 g/mol. The largest absolute Gasteiger partial charge is 0.481 e. The minimum absolute atomic E-state index is 0.113. The quantitative estimate of drug-likeness (QED) is 0.242. The SMILES string of the molecule is CC#CCOc1ccc(SC(CCCCCC)C(=O)OCC)cc1. The molecule has 1 rings (SSSR count). The molecule has 0 aliphatic rings. The Hall–Kier alpha value is -1.60. The molecule has 0 bridgehead atoms. The first-order valence-electron chi connectivity index (χ1n) is 8.67. The zero-order valence-corrected chi connectivity index (χ0v) is 15.8. The highest BCUT2D eigenvalue weighted by Gasteiger charge is 2.20. The van der Waals surface area contributed by atoms with Gasteiger partial charge in [-0.3, -0.25) is 4.79 Å². The van der Waals surface area contributed by atoms with Crippen molar-refractivity contribution >= 4 is 17.7 Å². The van der Waals surface area contributed by atoms with E-state index < -0.39 is 0 Å². The molecule has 1 atom stereocenters. The summed E-state index contributed by atoms with van der Waals surface area (Å²) < 4.78 is 10.7. The van der Waals surface area contributed by atoms with Crippen molar-refractivity contribution in [3.05, 3.63) is 24.3 Å². The summed E-state index contributed by atoms with van der Waals surface area (Å²) in [6.07, 6.45) is 5.49. The normalized spacial score (nSPS) is 11.3. The van der Waals surface area contributed by atoms with E-state index >= 15 is 0 Å². The Morgan fingerprint density at radius 3 is 2.54 bits per heavy atom. The minimum Gasteiger partial charge on any atom is -0.481 e. The van der Waals surface area contributed by atoms with Crippen molar-refractivity contribution in [1.29, 1.82) is 0 Å². The van der Waals surface area contributed by atoms with Crippen LogP contribution in [0, 0.1) is 11.8 Å². The topological polar surface area (TPSA) is 35.5 Å². The van der Waals surface area contributed by atoms with Crippen LogP contribution in [-0.2, 0) is 9.53 Å². The predicted molar refractivity (Wildman–Crippen MR) is 100 cm³/mol. The van der Waals surface area contributed by atoms with E-state index in [2.05, 4.69) is 18.8 Å². The maximum Gasteiger partial charge on any atom is 0.319 e. The molecule has 132 valence electrons. The summed E-state index contributed by atoms with van der Waals surface area (Å²) in [7, 11) is 0. The number of carbonyl (C=O) groups excluding carboxylic acids is 1. The Balaban J connectivity index is 2.59. The summed E-state index contributed by atoms with van der Waals surface area (Å²) in [5.74, 6) is 6.34. The van der Waals surface area contributed by atoms with Gasteiger partial charge in [-0.05, 0) is 44.5 Å². The van der Waals surface area contributed by atoms with Gasteiger partial charge in [-0.1, -0.05) is 38.5 Å². The fourth-order valence-electron chi connectivity index (χ4n) is 2.19. The van der Waals surface area contributed by atoms with Crippen LogP contribution in [0.4, 0.5) is 0 Å².